The highest BCUT2D eigenvalue weighted by Gasteiger charge is 2.31. The number of halogens is 4. The zero-order valence-electron chi connectivity index (χ0n) is 13.6. The predicted molar refractivity (Wildman–Crippen MR) is 90.0 cm³/mol. The molecule has 0 fully saturated rings. The number of aromatic nitrogens is 2. The lowest BCUT2D eigenvalue weighted by molar-refractivity contribution is -0.137. The second-order valence-corrected chi connectivity index (χ2v) is 5.47. The smallest absolute Gasteiger partial charge is 0.341 e. The van der Waals surface area contributed by atoms with Gasteiger partial charge in [-0.05, 0) is 38.1 Å². The van der Waals surface area contributed by atoms with Crippen LogP contribution in [0.15, 0.2) is 30.5 Å². The Hall–Kier alpha value is -2.35. The number of nitrogens with zero attached hydrogens (tertiary/aromatic N) is 3. The molecule has 1 heterocycles. The van der Waals surface area contributed by atoms with Gasteiger partial charge in [0.1, 0.15) is 5.69 Å². The molecule has 0 atom stereocenters. The number of alkyl halides is 3. The number of carbonyl (C=O) groups excluding carboxylic acids is 1. The molecule has 9 heteroatoms. The molecule has 0 saturated heterocycles. The Morgan fingerprint density at radius 2 is 1.92 bits per heavy atom. The Labute approximate surface area is 147 Å². The summed E-state index contributed by atoms with van der Waals surface area (Å²) in [5, 5.41) is 2.36. The number of rotatable bonds is 5. The van der Waals surface area contributed by atoms with Crippen LogP contribution in [0.25, 0.3) is 0 Å². The van der Waals surface area contributed by atoms with Crippen LogP contribution >= 0.6 is 11.6 Å². The van der Waals surface area contributed by atoms with E-state index >= 15 is 0 Å². The second-order valence-electron chi connectivity index (χ2n) is 5.06. The number of carbonyl (C=O) groups is 1. The van der Waals surface area contributed by atoms with Crippen molar-refractivity contribution in [1.29, 1.82) is 0 Å². The summed E-state index contributed by atoms with van der Waals surface area (Å²) in [6.45, 7) is 5.14. The maximum absolute atomic E-state index is 12.8. The van der Waals surface area contributed by atoms with E-state index in [9.17, 15) is 18.0 Å². The summed E-state index contributed by atoms with van der Waals surface area (Å²) >= 11 is 5.88. The summed E-state index contributed by atoms with van der Waals surface area (Å²) in [6.07, 6.45) is -3.11. The fraction of sp³-hybridized carbons (Fsp3) is 0.312. The Bertz CT molecular complexity index is 763. The third kappa shape index (κ3) is 4.60. The Kier molecular flexibility index (Phi) is 5.84. The summed E-state index contributed by atoms with van der Waals surface area (Å²) in [4.78, 5) is 22.4. The third-order valence-electron chi connectivity index (χ3n) is 3.46. The number of hydrogen-bond acceptors (Lipinski definition) is 4. The lowest BCUT2D eigenvalue weighted by atomic mass is 10.2. The Balaban J connectivity index is 2.27. The molecule has 0 saturated carbocycles. The highest BCUT2D eigenvalue weighted by atomic mass is 35.5. The number of hydrogen-bond donors (Lipinski definition) is 1. The van der Waals surface area contributed by atoms with E-state index in [1.54, 1.807) is 0 Å². The zero-order valence-corrected chi connectivity index (χ0v) is 14.3. The summed E-state index contributed by atoms with van der Waals surface area (Å²) in [5.74, 6) is -0.301. The van der Waals surface area contributed by atoms with Crippen LogP contribution in [-0.2, 0) is 6.18 Å². The molecule has 25 heavy (non-hydrogen) atoms. The minimum Gasteiger partial charge on any atom is -0.341 e. The highest BCUT2D eigenvalue weighted by molar-refractivity contribution is 6.33. The van der Waals surface area contributed by atoms with Gasteiger partial charge in [0.15, 0.2) is 0 Å². The van der Waals surface area contributed by atoms with Gasteiger partial charge >= 0.3 is 6.18 Å². The van der Waals surface area contributed by atoms with Crippen molar-refractivity contribution < 1.29 is 18.0 Å². The Morgan fingerprint density at radius 3 is 2.52 bits per heavy atom. The van der Waals surface area contributed by atoms with Crippen molar-refractivity contribution in [2.24, 2.45) is 0 Å². The zero-order chi connectivity index (χ0) is 18.6. The van der Waals surface area contributed by atoms with Crippen LogP contribution < -0.4 is 10.2 Å². The van der Waals surface area contributed by atoms with Crippen LogP contribution in [-0.4, -0.2) is 29.0 Å². The summed E-state index contributed by atoms with van der Waals surface area (Å²) in [5.41, 5.74) is -1.01. The fourth-order valence-corrected chi connectivity index (χ4v) is 2.28. The van der Waals surface area contributed by atoms with Crippen molar-refractivity contribution in [2.45, 2.75) is 20.0 Å². The van der Waals surface area contributed by atoms with Crippen molar-refractivity contribution in [3.05, 3.63) is 46.7 Å². The molecule has 0 aliphatic rings. The standard InChI is InChI=1S/C16H16ClF3N4O/c1-3-24(4-2)15-21-8-7-12(23-15)14(25)22-13-9-10(16(18,19)20)5-6-11(13)17/h5-9H,3-4H2,1-2H3,(H,22,25). The molecule has 134 valence electrons. The van der Waals surface area contributed by atoms with Gasteiger partial charge < -0.3 is 10.2 Å². The van der Waals surface area contributed by atoms with E-state index in [1.165, 1.54) is 12.3 Å². The average molecular weight is 373 g/mol. The summed E-state index contributed by atoms with van der Waals surface area (Å²) in [7, 11) is 0. The third-order valence-corrected chi connectivity index (χ3v) is 3.79. The van der Waals surface area contributed by atoms with Crippen molar-refractivity contribution in [1.82, 2.24) is 9.97 Å². The minimum absolute atomic E-state index is 0.000581. The van der Waals surface area contributed by atoms with Crippen LogP contribution in [0.3, 0.4) is 0 Å². The van der Waals surface area contributed by atoms with Crippen LogP contribution in [0.2, 0.25) is 5.02 Å². The molecule has 1 aromatic heterocycles. The van der Waals surface area contributed by atoms with E-state index < -0.39 is 17.6 Å². The lowest BCUT2D eigenvalue weighted by Crippen LogP contribution is -2.25. The van der Waals surface area contributed by atoms with Gasteiger partial charge in [-0.1, -0.05) is 11.6 Å². The minimum atomic E-state index is -4.53. The van der Waals surface area contributed by atoms with E-state index in [0.29, 0.717) is 19.0 Å². The normalized spacial score (nSPS) is 11.3. The van der Waals surface area contributed by atoms with Gasteiger partial charge in [0, 0.05) is 19.3 Å². The SMILES string of the molecule is CCN(CC)c1nccc(C(=O)Nc2cc(C(F)(F)F)ccc2Cl)n1. The molecule has 2 aromatic rings. The number of amides is 1. The van der Waals surface area contributed by atoms with Crippen LogP contribution in [0.5, 0.6) is 0 Å². The molecule has 1 N–H and O–H groups in total. The molecular weight excluding hydrogens is 357 g/mol. The largest absolute Gasteiger partial charge is 0.416 e. The van der Waals surface area contributed by atoms with Crippen molar-refractivity contribution >= 4 is 29.1 Å². The first-order valence-electron chi connectivity index (χ1n) is 7.52. The van der Waals surface area contributed by atoms with E-state index in [2.05, 4.69) is 15.3 Å². The quantitative estimate of drug-likeness (QED) is 0.852. The molecule has 0 spiro atoms. The summed E-state index contributed by atoms with van der Waals surface area (Å²) < 4.78 is 38.4. The van der Waals surface area contributed by atoms with Gasteiger partial charge in [0.05, 0.1) is 16.3 Å². The first-order chi connectivity index (χ1) is 11.8. The van der Waals surface area contributed by atoms with E-state index in [1.807, 2.05) is 18.7 Å². The van der Waals surface area contributed by atoms with Crippen LogP contribution in [0, 0.1) is 0 Å². The van der Waals surface area contributed by atoms with Crippen molar-refractivity contribution in [3.63, 3.8) is 0 Å². The van der Waals surface area contributed by atoms with Gasteiger partial charge in [0.25, 0.3) is 5.91 Å². The second kappa shape index (κ2) is 7.69. The topological polar surface area (TPSA) is 58.1 Å². The van der Waals surface area contributed by atoms with Crippen molar-refractivity contribution in [2.75, 3.05) is 23.3 Å². The molecule has 0 aliphatic carbocycles. The van der Waals surface area contributed by atoms with Gasteiger partial charge in [-0.3, -0.25) is 4.79 Å². The molecule has 1 amide bonds. The monoisotopic (exact) mass is 372 g/mol. The van der Waals surface area contributed by atoms with Crippen LogP contribution in [0.4, 0.5) is 24.8 Å². The maximum Gasteiger partial charge on any atom is 0.416 e. The van der Waals surface area contributed by atoms with Gasteiger partial charge in [0.2, 0.25) is 5.95 Å². The fourth-order valence-electron chi connectivity index (χ4n) is 2.12. The Morgan fingerprint density at radius 1 is 1.24 bits per heavy atom. The molecular formula is C16H16ClF3N4O. The first-order valence-corrected chi connectivity index (χ1v) is 7.90. The molecule has 0 radical (unpaired) electrons. The molecule has 1 aromatic carbocycles. The molecule has 2 rings (SSSR count). The van der Waals surface area contributed by atoms with Crippen molar-refractivity contribution in [3.8, 4) is 0 Å². The predicted octanol–water partition coefficient (Wildman–Crippen LogP) is 4.25. The number of benzene rings is 1. The molecule has 0 aliphatic heterocycles. The first kappa shape index (κ1) is 19.0. The van der Waals surface area contributed by atoms with E-state index in [-0.39, 0.29) is 16.4 Å². The number of nitrogens with one attached hydrogen (secondary N) is 1. The number of anilines is 2. The van der Waals surface area contributed by atoms with Gasteiger partial charge in [-0.2, -0.15) is 13.2 Å². The van der Waals surface area contributed by atoms with E-state index in [4.69, 9.17) is 11.6 Å². The lowest BCUT2D eigenvalue weighted by Gasteiger charge is -2.18. The van der Waals surface area contributed by atoms with E-state index in [0.717, 1.165) is 18.2 Å². The van der Waals surface area contributed by atoms with Gasteiger partial charge in [-0.25, -0.2) is 9.97 Å². The molecule has 5 nitrogen and oxygen atoms in total. The summed E-state index contributed by atoms with van der Waals surface area (Å²) in [6, 6.07) is 4.10. The highest BCUT2D eigenvalue weighted by Crippen LogP contribution is 2.33. The van der Waals surface area contributed by atoms with Gasteiger partial charge in [-0.15, -0.1) is 0 Å². The average Bonchev–Trinajstić information content (AvgIpc) is 2.57. The molecule has 0 unspecified atom stereocenters. The van der Waals surface area contributed by atoms with Crippen LogP contribution in [0.1, 0.15) is 29.9 Å². The maximum atomic E-state index is 12.8. The molecule has 0 bridgehead atoms.